The predicted molar refractivity (Wildman–Crippen MR) is 90.5 cm³/mol. The molecular weight excluding hydrogens is 365 g/mol. The Balaban J connectivity index is 1.37. The van der Waals surface area contributed by atoms with E-state index >= 15 is 0 Å². The molecule has 0 spiro atoms. The summed E-state index contributed by atoms with van der Waals surface area (Å²) in [5.74, 6) is -0.0732. The second-order valence-electron chi connectivity index (χ2n) is 5.74. The quantitative estimate of drug-likeness (QED) is 0.693. The molecule has 1 amide bonds. The van der Waals surface area contributed by atoms with E-state index in [1.807, 2.05) is 6.20 Å². The van der Waals surface area contributed by atoms with Crippen LogP contribution in [0.5, 0.6) is 0 Å². The largest absolute Gasteiger partial charge is 0.334 e. The van der Waals surface area contributed by atoms with E-state index < -0.39 is 0 Å². The number of hydrogen-bond donors (Lipinski definition) is 0. The Labute approximate surface area is 152 Å². The molecule has 1 aliphatic heterocycles. The first-order valence-electron chi connectivity index (χ1n) is 7.59. The molecule has 0 radical (unpaired) electrons. The first-order valence-corrected chi connectivity index (χ1v) is 8.35. The van der Waals surface area contributed by atoms with Gasteiger partial charge < -0.3 is 4.90 Å². The van der Waals surface area contributed by atoms with Gasteiger partial charge in [-0.15, -0.1) is 5.10 Å². The number of hydrogen-bond acceptors (Lipinski definition) is 5. The molecule has 25 heavy (non-hydrogen) atoms. The summed E-state index contributed by atoms with van der Waals surface area (Å²) in [6.07, 6.45) is 5.08. The number of aromatic nitrogens is 6. The first-order chi connectivity index (χ1) is 12.1. The first kappa shape index (κ1) is 16.0. The van der Waals surface area contributed by atoms with Crippen molar-refractivity contribution in [2.75, 3.05) is 13.1 Å². The van der Waals surface area contributed by atoms with Crippen LogP contribution in [-0.4, -0.2) is 53.9 Å². The predicted octanol–water partition coefficient (Wildman–Crippen LogP) is 1.92. The number of amides is 1. The van der Waals surface area contributed by atoms with Crippen LogP contribution in [0, 0.1) is 0 Å². The number of nitrogens with zero attached hydrogens (tertiary/aromatic N) is 7. The van der Waals surface area contributed by atoms with Crippen LogP contribution in [0.4, 0.5) is 0 Å². The van der Waals surface area contributed by atoms with Gasteiger partial charge in [0.15, 0.2) is 0 Å². The summed E-state index contributed by atoms with van der Waals surface area (Å²) in [5.41, 5.74) is 1.29. The van der Waals surface area contributed by atoms with Crippen molar-refractivity contribution >= 4 is 29.1 Å². The number of carbonyl (C=O) groups excluding carboxylic acids is 1. The Morgan fingerprint density at radius 2 is 1.92 bits per heavy atom. The Morgan fingerprint density at radius 1 is 1.16 bits per heavy atom. The lowest BCUT2D eigenvalue weighted by atomic mass is 10.1. The molecule has 8 nitrogen and oxygen atoms in total. The third-order valence-corrected chi connectivity index (χ3v) is 4.76. The molecule has 0 saturated carbocycles. The molecule has 10 heteroatoms. The average Bonchev–Trinajstić information content (AvgIpc) is 3.21. The third-order valence-electron chi connectivity index (χ3n) is 4.02. The van der Waals surface area contributed by atoms with Crippen molar-refractivity contribution in [1.82, 2.24) is 34.9 Å². The zero-order valence-electron chi connectivity index (χ0n) is 13.0. The second kappa shape index (κ2) is 6.45. The van der Waals surface area contributed by atoms with Gasteiger partial charge in [-0.05, 0) is 18.2 Å². The Kier molecular flexibility index (Phi) is 4.14. The molecule has 1 aliphatic rings. The van der Waals surface area contributed by atoms with Crippen LogP contribution in [0.3, 0.4) is 0 Å². The highest BCUT2D eigenvalue weighted by atomic mass is 35.5. The number of benzene rings is 1. The van der Waals surface area contributed by atoms with E-state index in [-0.39, 0.29) is 11.9 Å². The van der Waals surface area contributed by atoms with E-state index in [1.54, 1.807) is 40.2 Å². The van der Waals surface area contributed by atoms with Crippen LogP contribution in [0.1, 0.15) is 22.1 Å². The van der Waals surface area contributed by atoms with Crippen molar-refractivity contribution in [1.29, 1.82) is 0 Å². The summed E-state index contributed by atoms with van der Waals surface area (Å²) in [4.78, 5) is 15.7. The van der Waals surface area contributed by atoms with Gasteiger partial charge in [-0.1, -0.05) is 28.4 Å². The van der Waals surface area contributed by atoms with Crippen molar-refractivity contribution in [3.05, 3.63) is 58.1 Å². The lowest BCUT2D eigenvalue weighted by Gasteiger charge is -2.38. The highest BCUT2D eigenvalue weighted by Crippen LogP contribution is 2.26. The number of carbonyl (C=O) groups is 1. The van der Waals surface area contributed by atoms with E-state index in [9.17, 15) is 4.79 Å². The lowest BCUT2D eigenvalue weighted by Crippen LogP contribution is -2.50. The van der Waals surface area contributed by atoms with Gasteiger partial charge in [-0.2, -0.15) is 15.0 Å². The molecule has 1 saturated heterocycles. The summed E-state index contributed by atoms with van der Waals surface area (Å²) in [6.45, 7) is 1.61. The summed E-state index contributed by atoms with van der Waals surface area (Å²) >= 11 is 11.9. The van der Waals surface area contributed by atoms with E-state index in [4.69, 9.17) is 23.2 Å². The fourth-order valence-corrected chi connectivity index (χ4v) is 2.93. The molecule has 128 valence electrons. The Morgan fingerprint density at radius 3 is 2.64 bits per heavy atom. The van der Waals surface area contributed by atoms with Crippen molar-refractivity contribution in [2.45, 2.75) is 12.6 Å². The van der Waals surface area contributed by atoms with Gasteiger partial charge in [0.25, 0.3) is 5.91 Å². The lowest BCUT2D eigenvalue weighted by molar-refractivity contribution is 0.0498. The highest BCUT2D eigenvalue weighted by molar-refractivity contribution is 6.42. The van der Waals surface area contributed by atoms with Crippen LogP contribution in [0.2, 0.25) is 10.0 Å². The summed E-state index contributed by atoms with van der Waals surface area (Å²) in [6, 6.07) is 5.00. The molecule has 0 N–H and O–H groups in total. The normalized spacial score (nSPS) is 14.6. The zero-order valence-corrected chi connectivity index (χ0v) is 14.5. The van der Waals surface area contributed by atoms with Crippen LogP contribution in [0.25, 0.3) is 0 Å². The van der Waals surface area contributed by atoms with Crippen molar-refractivity contribution in [2.24, 2.45) is 0 Å². The monoisotopic (exact) mass is 377 g/mol. The Bertz CT molecular complexity index is 903. The van der Waals surface area contributed by atoms with Gasteiger partial charge in [-0.3, -0.25) is 4.79 Å². The fourth-order valence-electron chi connectivity index (χ4n) is 2.63. The molecule has 3 aromatic rings. The molecular formula is C15H13Cl2N7O. The minimum absolute atomic E-state index is 0.0732. The molecule has 0 aliphatic carbocycles. The molecule has 2 aromatic heterocycles. The van der Waals surface area contributed by atoms with E-state index in [0.29, 0.717) is 35.2 Å². The van der Waals surface area contributed by atoms with E-state index in [1.165, 1.54) is 4.80 Å². The number of halogens is 2. The minimum atomic E-state index is -0.0732. The molecule has 0 bridgehead atoms. The van der Waals surface area contributed by atoms with Crippen LogP contribution in [-0.2, 0) is 6.54 Å². The van der Waals surface area contributed by atoms with Gasteiger partial charge >= 0.3 is 0 Å². The fraction of sp³-hybridized carbons (Fsp3) is 0.267. The summed E-state index contributed by atoms with van der Waals surface area (Å²) in [7, 11) is 0. The van der Waals surface area contributed by atoms with Crippen LogP contribution >= 0.6 is 23.2 Å². The average molecular weight is 378 g/mol. The Hall–Kier alpha value is -2.45. The van der Waals surface area contributed by atoms with Crippen molar-refractivity contribution in [3.63, 3.8) is 0 Å². The summed E-state index contributed by atoms with van der Waals surface area (Å²) < 4.78 is 1.78. The van der Waals surface area contributed by atoms with Gasteiger partial charge in [0, 0.05) is 18.7 Å². The highest BCUT2D eigenvalue weighted by Gasteiger charge is 2.33. The van der Waals surface area contributed by atoms with E-state index in [0.717, 1.165) is 5.69 Å². The van der Waals surface area contributed by atoms with Crippen LogP contribution < -0.4 is 0 Å². The zero-order chi connectivity index (χ0) is 17.4. The second-order valence-corrected chi connectivity index (χ2v) is 6.56. The SMILES string of the molecule is O=C(c1ccc(Cl)c(Cl)c1)N1CC(n2cc(Cn3nccn3)nn2)C1. The van der Waals surface area contributed by atoms with Crippen molar-refractivity contribution in [3.8, 4) is 0 Å². The standard InChI is InChI=1S/C15H13Cl2N7O/c16-13-2-1-10(5-14(13)17)15(25)22-8-12(9-22)23-6-11(20-21-23)7-24-18-3-4-19-24/h1-6,12H,7-9H2. The van der Waals surface area contributed by atoms with Gasteiger partial charge in [-0.25, -0.2) is 4.68 Å². The molecule has 0 unspecified atom stereocenters. The summed E-state index contributed by atoms with van der Waals surface area (Å²) in [5, 5.41) is 17.1. The molecule has 4 rings (SSSR count). The van der Waals surface area contributed by atoms with Crippen molar-refractivity contribution < 1.29 is 4.79 Å². The maximum absolute atomic E-state index is 12.4. The van der Waals surface area contributed by atoms with Gasteiger partial charge in [0.2, 0.25) is 0 Å². The van der Waals surface area contributed by atoms with Gasteiger partial charge in [0.1, 0.15) is 12.2 Å². The van der Waals surface area contributed by atoms with E-state index in [2.05, 4.69) is 20.5 Å². The molecule has 3 heterocycles. The number of likely N-dealkylation sites (tertiary alicyclic amines) is 1. The topological polar surface area (TPSA) is 81.7 Å². The third kappa shape index (κ3) is 3.22. The van der Waals surface area contributed by atoms with Crippen LogP contribution in [0.15, 0.2) is 36.8 Å². The maximum Gasteiger partial charge on any atom is 0.254 e. The maximum atomic E-state index is 12.4. The number of rotatable bonds is 4. The molecule has 1 aromatic carbocycles. The molecule has 1 fully saturated rings. The smallest absolute Gasteiger partial charge is 0.254 e. The minimum Gasteiger partial charge on any atom is -0.334 e. The van der Waals surface area contributed by atoms with Gasteiger partial charge in [0.05, 0.1) is 34.7 Å². The molecule has 0 atom stereocenters.